The minimum Gasteiger partial charge on any atom is -0.497 e. The molecule has 7 heteroatoms. The molecular weight excluding hydrogens is 392 g/mol. The highest BCUT2D eigenvalue weighted by atomic mass is 35.5. The van der Waals surface area contributed by atoms with Crippen LogP contribution in [0.25, 0.3) is 0 Å². The highest BCUT2D eigenvalue weighted by Crippen LogP contribution is 2.28. The van der Waals surface area contributed by atoms with Crippen LogP contribution >= 0.6 is 11.6 Å². The number of ether oxygens (including phenoxy) is 1. The molecule has 3 aromatic rings. The van der Waals surface area contributed by atoms with Gasteiger partial charge in [-0.2, -0.15) is 0 Å². The quantitative estimate of drug-likeness (QED) is 0.293. The summed E-state index contributed by atoms with van der Waals surface area (Å²) in [7, 11) is 1.57. The Balaban J connectivity index is 1.84. The van der Waals surface area contributed by atoms with Crippen molar-refractivity contribution >= 4 is 28.8 Å². The van der Waals surface area contributed by atoms with E-state index in [1.54, 1.807) is 55.6 Å². The minimum absolute atomic E-state index is 0.00386. The van der Waals surface area contributed by atoms with Crippen LogP contribution in [0.2, 0.25) is 5.02 Å². The smallest absolute Gasteiger partial charge is 0.269 e. The van der Waals surface area contributed by atoms with E-state index in [0.29, 0.717) is 22.0 Å². The van der Waals surface area contributed by atoms with Crippen LogP contribution in [0.15, 0.2) is 72.8 Å². The average molecular weight is 411 g/mol. The van der Waals surface area contributed by atoms with Crippen LogP contribution in [0.4, 0.5) is 11.4 Å². The summed E-state index contributed by atoms with van der Waals surface area (Å²) in [5, 5.41) is 14.7. The third-order valence-electron chi connectivity index (χ3n) is 4.47. The van der Waals surface area contributed by atoms with Gasteiger partial charge in [0, 0.05) is 34.8 Å². The molecule has 0 saturated heterocycles. The Morgan fingerprint density at radius 2 is 1.79 bits per heavy atom. The molecule has 0 bridgehead atoms. The van der Waals surface area contributed by atoms with Gasteiger partial charge in [-0.15, -0.1) is 0 Å². The monoisotopic (exact) mass is 410 g/mol. The molecule has 29 heavy (non-hydrogen) atoms. The lowest BCUT2D eigenvalue weighted by Crippen LogP contribution is -2.16. The van der Waals surface area contributed by atoms with Gasteiger partial charge in [0.1, 0.15) is 5.75 Å². The zero-order valence-electron chi connectivity index (χ0n) is 15.7. The van der Waals surface area contributed by atoms with E-state index in [-0.39, 0.29) is 23.9 Å². The first kappa shape index (κ1) is 20.4. The van der Waals surface area contributed by atoms with Crippen LogP contribution in [0.5, 0.6) is 5.75 Å². The molecule has 0 unspecified atom stereocenters. The normalized spacial score (nSPS) is 11.5. The number of nitro benzene ring substituents is 1. The number of Topliss-reactive ketones (excluding diaryl/α,β-unsaturated/α-hetero) is 1. The minimum atomic E-state index is -0.453. The van der Waals surface area contributed by atoms with E-state index in [2.05, 4.69) is 5.32 Å². The van der Waals surface area contributed by atoms with Gasteiger partial charge >= 0.3 is 0 Å². The zero-order valence-corrected chi connectivity index (χ0v) is 16.4. The summed E-state index contributed by atoms with van der Waals surface area (Å²) in [6, 6.07) is 19.9. The first-order chi connectivity index (χ1) is 14.0. The average Bonchev–Trinajstić information content (AvgIpc) is 2.73. The number of ketones is 1. The lowest BCUT2D eigenvalue weighted by molar-refractivity contribution is -0.384. The van der Waals surface area contributed by atoms with Crippen LogP contribution in [0.3, 0.4) is 0 Å². The van der Waals surface area contributed by atoms with E-state index in [1.807, 2.05) is 12.1 Å². The standard InChI is InChI=1S/C22H19ClN2O4/c1-29-20-11-5-15(6-12-20)22(26)14-21(16-3-2-4-17(23)13-16)24-18-7-9-19(10-8-18)25(27)28/h2-13,21,24H,14H2,1H3/t21-/m1/s1. The van der Waals surface area contributed by atoms with Crippen molar-refractivity contribution in [2.24, 2.45) is 0 Å². The van der Waals surface area contributed by atoms with Crippen LogP contribution in [-0.2, 0) is 0 Å². The molecule has 0 aliphatic heterocycles. The van der Waals surface area contributed by atoms with Crippen molar-refractivity contribution < 1.29 is 14.5 Å². The second-order valence-corrected chi connectivity index (χ2v) is 6.85. The Labute approximate surface area is 173 Å². The van der Waals surface area contributed by atoms with Gasteiger partial charge in [-0.05, 0) is 54.1 Å². The van der Waals surface area contributed by atoms with Crippen molar-refractivity contribution in [3.63, 3.8) is 0 Å². The summed E-state index contributed by atoms with van der Waals surface area (Å²) in [5.74, 6) is 0.629. The maximum Gasteiger partial charge on any atom is 0.269 e. The van der Waals surface area contributed by atoms with E-state index in [4.69, 9.17) is 16.3 Å². The number of hydrogen-bond donors (Lipinski definition) is 1. The van der Waals surface area contributed by atoms with Crippen LogP contribution in [0, 0.1) is 10.1 Å². The molecule has 0 aliphatic rings. The van der Waals surface area contributed by atoms with E-state index >= 15 is 0 Å². The number of rotatable bonds is 8. The Bertz CT molecular complexity index is 1000. The van der Waals surface area contributed by atoms with Crippen LogP contribution < -0.4 is 10.1 Å². The number of non-ortho nitro benzene ring substituents is 1. The summed E-state index contributed by atoms with van der Waals surface area (Å²) in [5.41, 5.74) is 2.09. The van der Waals surface area contributed by atoms with E-state index in [0.717, 1.165) is 5.56 Å². The first-order valence-electron chi connectivity index (χ1n) is 8.90. The van der Waals surface area contributed by atoms with Gasteiger partial charge in [-0.3, -0.25) is 14.9 Å². The Morgan fingerprint density at radius 1 is 1.10 bits per heavy atom. The van der Waals surface area contributed by atoms with Gasteiger partial charge in [0.05, 0.1) is 18.1 Å². The number of nitrogens with zero attached hydrogens (tertiary/aromatic N) is 1. The maximum atomic E-state index is 12.8. The third-order valence-corrected chi connectivity index (χ3v) is 4.71. The highest BCUT2D eigenvalue weighted by molar-refractivity contribution is 6.30. The number of nitro groups is 1. The second-order valence-electron chi connectivity index (χ2n) is 6.41. The molecule has 0 heterocycles. The molecule has 0 amide bonds. The zero-order chi connectivity index (χ0) is 20.8. The fraction of sp³-hybridized carbons (Fsp3) is 0.136. The predicted octanol–water partition coefficient (Wildman–Crippen LogP) is 5.68. The molecule has 0 radical (unpaired) electrons. The number of hydrogen-bond acceptors (Lipinski definition) is 5. The molecule has 3 aromatic carbocycles. The Hall–Kier alpha value is -3.38. The topological polar surface area (TPSA) is 81.5 Å². The molecule has 1 atom stereocenters. The Morgan fingerprint density at radius 3 is 2.38 bits per heavy atom. The van der Waals surface area contributed by atoms with Crippen molar-refractivity contribution in [2.75, 3.05) is 12.4 Å². The fourth-order valence-corrected chi connectivity index (χ4v) is 3.13. The van der Waals surface area contributed by atoms with Crippen LogP contribution in [0.1, 0.15) is 28.4 Å². The summed E-state index contributed by atoms with van der Waals surface area (Å²) in [6.45, 7) is 0. The van der Waals surface area contributed by atoms with E-state index < -0.39 is 4.92 Å². The lowest BCUT2D eigenvalue weighted by Gasteiger charge is -2.20. The second kappa shape index (κ2) is 9.21. The summed E-state index contributed by atoms with van der Waals surface area (Å²) in [6.07, 6.45) is 0.184. The van der Waals surface area contributed by atoms with Gasteiger partial charge in [0.15, 0.2) is 5.78 Å². The number of carbonyl (C=O) groups is 1. The molecule has 0 aliphatic carbocycles. The van der Waals surface area contributed by atoms with E-state index in [1.165, 1.54) is 12.1 Å². The van der Waals surface area contributed by atoms with Gasteiger partial charge < -0.3 is 10.1 Å². The Kier molecular flexibility index (Phi) is 6.46. The number of methoxy groups -OCH3 is 1. The lowest BCUT2D eigenvalue weighted by atomic mass is 9.97. The van der Waals surface area contributed by atoms with Gasteiger partial charge in [-0.1, -0.05) is 23.7 Å². The summed E-state index contributed by atoms with van der Waals surface area (Å²) in [4.78, 5) is 23.2. The molecule has 148 valence electrons. The van der Waals surface area contributed by atoms with Crippen molar-refractivity contribution in [3.8, 4) is 5.75 Å². The molecule has 0 spiro atoms. The SMILES string of the molecule is COc1ccc(C(=O)C[C@@H](Nc2ccc([N+](=O)[O-])cc2)c2cccc(Cl)c2)cc1. The number of carbonyl (C=O) groups excluding carboxylic acids is 1. The van der Waals surface area contributed by atoms with Crippen molar-refractivity contribution in [2.45, 2.75) is 12.5 Å². The number of anilines is 1. The fourth-order valence-electron chi connectivity index (χ4n) is 2.94. The number of halogens is 1. The summed E-state index contributed by atoms with van der Waals surface area (Å²) >= 11 is 6.13. The first-order valence-corrected chi connectivity index (χ1v) is 9.28. The van der Waals surface area contributed by atoms with Gasteiger partial charge in [0.25, 0.3) is 5.69 Å². The molecule has 1 N–H and O–H groups in total. The third kappa shape index (κ3) is 5.33. The van der Waals surface area contributed by atoms with Crippen molar-refractivity contribution in [1.29, 1.82) is 0 Å². The van der Waals surface area contributed by atoms with Crippen molar-refractivity contribution in [1.82, 2.24) is 0 Å². The molecule has 3 rings (SSSR count). The van der Waals surface area contributed by atoms with Gasteiger partial charge in [-0.25, -0.2) is 0 Å². The molecular formula is C22H19ClN2O4. The highest BCUT2D eigenvalue weighted by Gasteiger charge is 2.18. The molecule has 6 nitrogen and oxygen atoms in total. The summed E-state index contributed by atoms with van der Waals surface area (Å²) < 4.78 is 5.13. The van der Waals surface area contributed by atoms with E-state index in [9.17, 15) is 14.9 Å². The van der Waals surface area contributed by atoms with Crippen LogP contribution in [-0.4, -0.2) is 17.8 Å². The number of benzene rings is 3. The molecule has 0 aromatic heterocycles. The maximum absolute atomic E-state index is 12.8. The van der Waals surface area contributed by atoms with Crippen molar-refractivity contribution in [3.05, 3.63) is 99.1 Å². The number of nitrogens with one attached hydrogen (secondary N) is 1. The van der Waals surface area contributed by atoms with Gasteiger partial charge in [0.2, 0.25) is 0 Å². The molecule has 0 saturated carbocycles. The molecule has 0 fully saturated rings. The predicted molar refractivity (Wildman–Crippen MR) is 113 cm³/mol. The largest absolute Gasteiger partial charge is 0.497 e.